The minimum atomic E-state index is -0.645. The van der Waals surface area contributed by atoms with Crippen LogP contribution in [0.4, 0.5) is 0 Å². The zero-order chi connectivity index (χ0) is 14.8. The molecule has 20 heavy (non-hydrogen) atoms. The molecule has 1 heterocycles. The number of hydrogen-bond donors (Lipinski definition) is 1. The van der Waals surface area contributed by atoms with Crippen LogP contribution in [-0.4, -0.2) is 34.8 Å². The van der Waals surface area contributed by atoms with E-state index < -0.39 is 5.54 Å². The van der Waals surface area contributed by atoms with Crippen molar-refractivity contribution in [2.24, 2.45) is 5.92 Å². The lowest BCUT2D eigenvalue weighted by Gasteiger charge is -2.44. The van der Waals surface area contributed by atoms with Gasteiger partial charge < -0.3 is 10.2 Å². The highest BCUT2D eigenvalue weighted by Crippen LogP contribution is 2.42. The van der Waals surface area contributed by atoms with E-state index in [0.29, 0.717) is 12.3 Å². The highest BCUT2D eigenvalue weighted by Gasteiger charge is 2.54. The van der Waals surface area contributed by atoms with Crippen molar-refractivity contribution in [1.29, 1.82) is 0 Å². The van der Waals surface area contributed by atoms with Gasteiger partial charge in [0.15, 0.2) is 0 Å². The van der Waals surface area contributed by atoms with Crippen LogP contribution in [0, 0.1) is 5.92 Å². The molecule has 4 nitrogen and oxygen atoms in total. The Morgan fingerprint density at radius 2 is 1.90 bits per heavy atom. The summed E-state index contributed by atoms with van der Waals surface area (Å²) in [6.07, 6.45) is 7.34. The van der Waals surface area contributed by atoms with E-state index in [0.717, 1.165) is 32.2 Å². The first-order chi connectivity index (χ1) is 9.54. The average Bonchev–Trinajstić information content (AvgIpc) is 3.24. The number of unbranched alkanes of at least 4 members (excludes halogenated alkanes) is 3. The van der Waals surface area contributed by atoms with Crippen molar-refractivity contribution >= 4 is 11.8 Å². The Morgan fingerprint density at radius 1 is 1.20 bits per heavy atom. The van der Waals surface area contributed by atoms with Crippen LogP contribution in [0.25, 0.3) is 0 Å². The molecule has 2 atom stereocenters. The summed E-state index contributed by atoms with van der Waals surface area (Å²) in [4.78, 5) is 27.0. The summed E-state index contributed by atoms with van der Waals surface area (Å²) in [6.45, 7) is 6.80. The fourth-order valence-corrected chi connectivity index (χ4v) is 3.28. The molecule has 1 saturated carbocycles. The van der Waals surface area contributed by atoms with Gasteiger partial charge in [-0.2, -0.15) is 0 Å². The fraction of sp³-hybridized carbons (Fsp3) is 0.875. The van der Waals surface area contributed by atoms with E-state index in [9.17, 15) is 9.59 Å². The minimum absolute atomic E-state index is 0.0389. The van der Waals surface area contributed by atoms with Crippen LogP contribution < -0.4 is 5.32 Å². The van der Waals surface area contributed by atoms with E-state index >= 15 is 0 Å². The van der Waals surface area contributed by atoms with Crippen LogP contribution in [0.5, 0.6) is 0 Å². The van der Waals surface area contributed by atoms with E-state index in [2.05, 4.69) is 12.2 Å². The molecule has 2 fully saturated rings. The van der Waals surface area contributed by atoms with Gasteiger partial charge in [-0.1, -0.05) is 33.1 Å². The van der Waals surface area contributed by atoms with Crippen LogP contribution in [-0.2, 0) is 9.59 Å². The van der Waals surface area contributed by atoms with E-state index in [1.54, 1.807) is 0 Å². The molecule has 1 saturated heterocycles. The third-order valence-corrected chi connectivity index (χ3v) is 4.80. The SMILES string of the molecule is CCCCCCN1C(=O)C(C)(C2CC2)NC(=O)C1CC. The van der Waals surface area contributed by atoms with Crippen LogP contribution in [0.1, 0.15) is 65.7 Å². The van der Waals surface area contributed by atoms with Gasteiger partial charge in [-0.05, 0) is 38.5 Å². The maximum absolute atomic E-state index is 12.8. The van der Waals surface area contributed by atoms with E-state index in [1.807, 2.05) is 18.7 Å². The predicted octanol–water partition coefficient (Wildman–Crippen LogP) is 2.47. The molecular weight excluding hydrogens is 252 g/mol. The topological polar surface area (TPSA) is 49.4 Å². The highest BCUT2D eigenvalue weighted by atomic mass is 16.2. The lowest BCUT2D eigenvalue weighted by atomic mass is 9.88. The largest absolute Gasteiger partial charge is 0.340 e. The van der Waals surface area contributed by atoms with Crippen molar-refractivity contribution in [3.63, 3.8) is 0 Å². The van der Waals surface area contributed by atoms with Gasteiger partial charge in [-0.3, -0.25) is 9.59 Å². The van der Waals surface area contributed by atoms with E-state index in [4.69, 9.17) is 0 Å². The first kappa shape index (κ1) is 15.3. The second-order valence-electron chi connectivity index (χ2n) is 6.45. The summed E-state index contributed by atoms with van der Waals surface area (Å²) in [7, 11) is 0. The molecule has 2 aliphatic rings. The Bertz CT molecular complexity index is 379. The molecule has 0 spiro atoms. The van der Waals surface area contributed by atoms with Crippen molar-refractivity contribution < 1.29 is 9.59 Å². The van der Waals surface area contributed by atoms with Gasteiger partial charge in [0, 0.05) is 6.54 Å². The first-order valence-electron chi connectivity index (χ1n) is 8.17. The standard InChI is InChI=1S/C16H28N2O2/c1-4-6-7-8-11-18-13(5-2)14(19)17-16(3,15(18)20)12-9-10-12/h12-13H,4-11H2,1-3H3,(H,17,19). The summed E-state index contributed by atoms with van der Waals surface area (Å²) in [6, 6.07) is -0.268. The minimum Gasteiger partial charge on any atom is -0.340 e. The lowest BCUT2D eigenvalue weighted by molar-refractivity contribution is -0.155. The van der Waals surface area contributed by atoms with Gasteiger partial charge in [-0.15, -0.1) is 0 Å². The first-order valence-corrected chi connectivity index (χ1v) is 8.17. The number of carbonyl (C=O) groups excluding carboxylic acids is 2. The van der Waals surface area contributed by atoms with Gasteiger partial charge in [0.1, 0.15) is 11.6 Å². The molecule has 1 aliphatic heterocycles. The van der Waals surface area contributed by atoms with Crippen molar-refractivity contribution in [2.75, 3.05) is 6.54 Å². The number of hydrogen-bond acceptors (Lipinski definition) is 2. The normalized spacial score (nSPS) is 30.6. The fourth-order valence-electron chi connectivity index (χ4n) is 3.28. The number of nitrogens with zero attached hydrogens (tertiary/aromatic N) is 1. The number of amides is 2. The number of carbonyl (C=O) groups is 2. The number of nitrogens with one attached hydrogen (secondary N) is 1. The Labute approximate surface area is 122 Å². The molecule has 114 valence electrons. The molecule has 0 bridgehead atoms. The molecule has 4 heteroatoms. The Balaban J connectivity index is 2.06. The van der Waals surface area contributed by atoms with Crippen molar-refractivity contribution in [2.45, 2.75) is 77.3 Å². The second-order valence-corrected chi connectivity index (χ2v) is 6.45. The molecule has 0 aromatic rings. The van der Waals surface area contributed by atoms with Crippen LogP contribution in [0.2, 0.25) is 0 Å². The molecule has 0 aromatic carbocycles. The quantitative estimate of drug-likeness (QED) is 0.728. The Hall–Kier alpha value is -1.06. The van der Waals surface area contributed by atoms with Crippen LogP contribution in [0.3, 0.4) is 0 Å². The van der Waals surface area contributed by atoms with Gasteiger partial charge in [-0.25, -0.2) is 0 Å². The summed E-state index contributed by atoms with van der Waals surface area (Å²) in [5, 5.41) is 3.01. The van der Waals surface area contributed by atoms with E-state index in [-0.39, 0.29) is 17.9 Å². The Kier molecular flexibility index (Phi) is 4.71. The lowest BCUT2D eigenvalue weighted by Crippen LogP contribution is -2.70. The summed E-state index contributed by atoms with van der Waals surface area (Å²) >= 11 is 0. The zero-order valence-electron chi connectivity index (χ0n) is 13.1. The predicted molar refractivity (Wildman–Crippen MR) is 79.2 cm³/mol. The number of piperazine rings is 1. The Morgan fingerprint density at radius 3 is 2.45 bits per heavy atom. The van der Waals surface area contributed by atoms with Gasteiger partial charge in [0.05, 0.1) is 0 Å². The van der Waals surface area contributed by atoms with Crippen molar-refractivity contribution in [3.8, 4) is 0 Å². The zero-order valence-corrected chi connectivity index (χ0v) is 13.1. The maximum atomic E-state index is 12.8. The monoisotopic (exact) mass is 280 g/mol. The highest BCUT2D eigenvalue weighted by molar-refractivity contribution is 6.00. The average molecular weight is 280 g/mol. The van der Waals surface area contributed by atoms with Crippen molar-refractivity contribution in [3.05, 3.63) is 0 Å². The van der Waals surface area contributed by atoms with Gasteiger partial charge in [0.2, 0.25) is 11.8 Å². The third-order valence-electron chi connectivity index (χ3n) is 4.80. The van der Waals surface area contributed by atoms with Crippen LogP contribution in [0.15, 0.2) is 0 Å². The second kappa shape index (κ2) is 6.15. The van der Waals surface area contributed by atoms with Gasteiger partial charge in [0.25, 0.3) is 0 Å². The molecule has 1 N–H and O–H groups in total. The maximum Gasteiger partial charge on any atom is 0.249 e. The van der Waals surface area contributed by atoms with Crippen molar-refractivity contribution in [1.82, 2.24) is 10.2 Å². The summed E-state index contributed by atoms with van der Waals surface area (Å²) in [5.41, 5.74) is -0.645. The molecule has 0 aromatic heterocycles. The molecule has 2 unspecified atom stereocenters. The number of rotatable bonds is 7. The molecule has 2 amide bonds. The van der Waals surface area contributed by atoms with E-state index in [1.165, 1.54) is 12.8 Å². The molecule has 0 radical (unpaired) electrons. The smallest absolute Gasteiger partial charge is 0.249 e. The summed E-state index contributed by atoms with van der Waals surface area (Å²) in [5.74, 6) is 0.523. The molecular formula is C16H28N2O2. The van der Waals surface area contributed by atoms with Crippen LogP contribution >= 0.6 is 0 Å². The molecule has 2 rings (SSSR count). The molecule has 1 aliphatic carbocycles. The third kappa shape index (κ3) is 2.84. The summed E-state index contributed by atoms with van der Waals surface area (Å²) < 4.78 is 0. The van der Waals surface area contributed by atoms with Gasteiger partial charge >= 0.3 is 0 Å².